The summed E-state index contributed by atoms with van der Waals surface area (Å²) in [5.41, 5.74) is 18.8. The van der Waals surface area contributed by atoms with Crippen LogP contribution >= 0.6 is 23.5 Å². The number of piperazine rings is 2. The molecule has 2 amide bonds. The molecule has 2 fully saturated rings. The number of ether oxygens (including phenoxy) is 9. The van der Waals surface area contributed by atoms with Crippen molar-refractivity contribution in [1.29, 1.82) is 10.5 Å². The van der Waals surface area contributed by atoms with Crippen LogP contribution in [-0.4, -0.2) is 203 Å². The van der Waals surface area contributed by atoms with Gasteiger partial charge in [0.1, 0.15) is 91.4 Å². The van der Waals surface area contributed by atoms with Crippen molar-refractivity contribution >= 4 is 47.6 Å². The number of hydrogen-bond donors (Lipinski definition) is 5. The number of hydrogen-bond acceptors (Lipinski definition) is 24. The molecule has 26 heteroatoms. The first-order valence-corrected chi connectivity index (χ1v) is 47.2. The number of carbonyl (C=O) groups excluding carboxylic acids is 4. The molecule has 688 valence electrons. The number of rotatable bonds is 27. The third kappa shape index (κ3) is 17.8. The third-order valence-electron chi connectivity index (χ3n) is 27.3. The Morgan fingerprint density at radius 1 is 0.481 bits per heavy atom. The van der Waals surface area contributed by atoms with Gasteiger partial charge in [0.05, 0.1) is 50.5 Å². The molecule has 8 aromatic carbocycles. The number of nitrogens with zero attached hydrogens (tertiary/aromatic N) is 6. The monoisotopic (exact) mass is 1810 g/mol. The lowest BCUT2D eigenvalue weighted by atomic mass is 9.71. The maximum atomic E-state index is 14.9. The van der Waals surface area contributed by atoms with Crippen molar-refractivity contribution in [1.82, 2.24) is 30.2 Å². The molecule has 0 spiro atoms. The number of alkyl carbamates (subject to hydrolysis) is 2. The number of thioether (sulfide) groups is 2. The minimum Gasteiger partial charge on any atom is -0.507 e. The number of esters is 2. The Bertz CT molecular complexity index is 5800. The van der Waals surface area contributed by atoms with Crippen LogP contribution in [0.15, 0.2) is 147 Å². The van der Waals surface area contributed by atoms with Gasteiger partial charge in [0.15, 0.2) is 23.0 Å². The molecule has 2 aliphatic carbocycles. The predicted octanol–water partition coefficient (Wildman–Crippen LogP) is 17.6. The van der Waals surface area contributed by atoms with Crippen molar-refractivity contribution in [3.63, 3.8) is 0 Å². The van der Waals surface area contributed by atoms with Crippen LogP contribution in [-0.2, 0) is 54.2 Å². The summed E-state index contributed by atoms with van der Waals surface area (Å²) in [6, 6.07) is 35.7. The number of phenols is 3. The summed E-state index contributed by atoms with van der Waals surface area (Å²) in [7, 11) is 7.20. The fourth-order valence-corrected chi connectivity index (χ4v) is 23.9. The van der Waals surface area contributed by atoms with E-state index in [9.17, 15) is 45.0 Å². The summed E-state index contributed by atoms with van der Waals surface area (Å²) in [5, 5.41) is 63.4. The Balaban J connectivity index is 0.000000202. The van der Waals surface area contributed by atoms with E-state index in [2.05, 4.69) is 143 Å². The zero-order valence-electron chi connectivity index (χ0n) is 77.7. The number of aromatic hydroxyl groups is 3. The van der Waals surface area contributed by atoms with Crippen LogP contribution in [0.4, 0.5) is 9.59 Å². The molecule has 8 aromatic rings. The largest absolute Gasteiger partial charge is 0.507 e. The van der Waals surface area contributed by atoms with Crippen molar-refractivity contribution in [3.05, 3.63) is 247 Å². The van der Waals surface area contributed by atoms with E-state index < -0.39 is 83.7 Å². The molecule has 12 atom stereocenters. The SMILES string of the molecule is C=CCOc1c(C)c(C)c(OCC=C)c2c1C[C@H]1[C@H]3c4c(cc(C)c(OC)c4OCC=C)C[C@@H]([C@H](C#N)N1[C@H]2COC(=O)[C@@H](CSCC1c2ccccc2-c2ccccc21)NC(=O)OC(C)(C)C)N3C.COc1c(C)cc2c(c1O)[C@@H]1[C@@H]3Cc4c(O)c(C)c(C)c(O)c4[C@H](COC(=O)[C@@H](CSCC4c5ccccc5-c5ccccc54)NC(=O)OC(C)(C)C)N3[C@@H](C#N)[C@H](C2)N1C. The number of amides is 2. The molecular formula is C105H120N8O16S2. The van der Waals surface area contributed by atoms with Crippen LogP contribution < -0.4 is 34.3 Å². The molecule has 0 aromatic heterocycles. The minimum absolute atomic E-state index is 0.0252. The molecule has 0 unspecified atom stereocenters. The van der Waals surface area contributed by atoms with Gasteiger partial charge >= 0.3 is 24.1 Å². The van der Waals surface area contributed by atoms with Gasteiger partial charge in [-0.25, -0.2) is 19.2 Å². The highest BCUT2D eigenvalue weighted by atomic mass is 32.2. The number of methoxy groups -OCH3 is 2. The van der Waals surface area contributed by atoms with Gasteiger partial charge in [-0.05, 0) is 212 Å². The first kappa shape index (κ1) is 94.0. The Labute approximate surface area is 777 Å². The van der Waals surface area contributed by atoms with Gasteiger partial charge in [-0.15, -0.1) is 0 Å². The summed E-state index contributed by atoms with van der Waals surface area (Å²) in [5.74, 6) is 3.58. The normalized spacial score (nSPS) is 21.2. The third-order valence-corrected chi connectivity index (χ3v) is 29.6. The Morgan fingerprint density at radius 3 is 1.29 bits per heavy atom. The average Bonchev–Trinajstić information content (AvgIpc) is 1.46. The first-order valence-electron chi connectivity index (χ1n) is 44.9. The zero-order chi connectivity index (χ0) is 93.7. The highest BCUT2D eigenvalue weighted by molar-refractivity contribution is 7.99. The molecule has 5 N–H and O–H groups in total. The van der Waals surface area contributed by atoms with Gasteiger partial charge in [0.2, 0.25) is 0 Å². The minimum atomic E-state index is -1.11. The van der Waals surface area contributed by atoms with E-state index in [-0.39, 0.29) is 104 Å². The summed E-state index contributed by atoms with van der Waals surface area (Å²) >= 11 is 3.10. The Hall–Kier alpha value is -11.6. The average molecular weight is 1810 g/mol. The second-order valence-electron chi connectivity index (χ2n) is 37.3. The molecule has 8 aliphatic rings. The van der Waals surface area contributed by atoms with Crippen LogP contribution in [0.3, 0.4) is 0 Å². The fraction of sp³-hybridized carbons (Fsp3) is 0.429. The van der Waals surface area contributed by atoms with E-state index in [4.69, 9.17) is 42.6 Å². The number of benzene rings is 8. The van der Waals surface area contributed by atoms with Crippen molar-refractivity contribution in [3.8, 4) is 80.4 Å². The van der Waals surface area contributed by atoms with Gasteiger partial charge < -0.3 is 68.6 Å². The lowest BCUT2D eigenvalue weighted by molar-refractivity contribution is -0.151. The number of phenolic OH excluding ortho intramolecular Hbond substituents is 3. The van der Waals surface area contributed by atoms with E-state index in [1.165, 1.54) is 63.4 Å². The van der Waals surface area contributed by atoms with Crippen LogP contribution in [0.25, 0.3) is 22.3 Å². The number of nitrogens with one attached hydrogen (secondary N) is 2. The molecule has 2 saturated heterocycles. The maximum Gasteiger partial charge on any atom is 0.408 e. The molecule has 6 heterocycles. The van der Waals surface area contributed by atoms with Crippen molar-refractivity contribution in [2.45, 2.75) is 204 Å². The van der Waals surface area contributed by atoms with E-state index in [0.29, 0.717) is 87.3 Å². The topological polar surface area (TPSA) is 297 Å². The van der Waals surface area contributed by atoms with E-state index in [1.54, 1.807) is 92.5 Å². The molecule has 0 saturated carbocycles. The number of nitriles is 2. The van der Waals surface area contributed by atoms with Crippen molar-refractivity contribution < 1.29 is 77.1 Å². The lowest BCUT2D eigenvalue weighted by Gasteiger charge is -2.60. The summed E-state index contributed by atoms with van der Waals surface area (Å²) < 4.78 is 55.5. The second-order valence-corrected chi connectivity index (χ2v) is 39.4. The number of fused-ring (bicyclic) bond motifs is 20. The van der Waals surface area contributed by atoms with Gasteiger partial charge in [-0.3, -0.25) is 19.6 Å². The van der Waals surface area contributed by atoms with Crippen molar-refractivity contribution in [2.24, 2.45) is 0 Å². The van der Waals surface area contributed by atoms with E-state index >= 15 is 0 Å². The molecule has 4 bridgehead atoms. The van der Waals surface area contributed by atoms with Gasteiger partial charge in [0, 0.05) is 92.4 Å². The van der Waals surface area contributed by atoms with Gasteiger partial charge in [-0.2, -0.15) is 34.0 Å². The standard InChI is InChI=1S/C57H66N4O8S.C48H54N4O8S/c1-12-23-65-52-34(5)35(6)53(66-24-13-2)49-41(52)28-45-50-48-36(26-33(4)51(64-11)54(48)67-25-14-3)27-44(60(50)10)46(29-58)61(45)47(49)30-68-55(62)43(59-56(63)69-57(7,8)9)32-70-31-42-39-21-17-15-19-37(39)38-20-16-18-22-40(38)42;1-24-17-27-18-35-37(20-49)52-36(41(51(35)7)39(27)44(55)45(24)58-8)19-32-40(43(54)26(3)25(2)42(32)53)38(52)21-59-46(56)34(50-47(57)60-48(4,5)6)23-61-22-33-30-15-11-9-13-28(30)29-14-10-12-16-31(29)33/h12-22,26,42-47,50H,1-3,23-25,27-28,30-32H2,4-11H3,(H,59,63);9-17,33-38,41,53-55H,18-19,21-23H2,1-8H3,(H,50,57)/t43-,44+,45+,46+,47+,50+;34-,35+,36+,37+,38+,41+/m11/s1. The van der Waals surface area contributed by atoms with E-state index in [1.807, 2.05) is 70.0 Å². The van der Waals surface area contributed by atoms with Gasteiger partial charge in [0.25, 0.3) is 0 Å². The quantitative estimate of drug-likeness (QED) is 0.0138. The highest BCUT2D eigenvalue weighted by Crippen LogP contribution is 2.60. The fourth-order valence-electron chi connectivity index (χ4n) is 21.6. The summed E-state index contributed by atoms with van der Waals surface area (Å²) in [6.45, 7) is 34.1. The van der Waals surface area contributed by atoms with Crippen LogP contribution in [0.1, 0.15) is 178 Å². The summed E-state index contributed by atoms with van der Waals surface area (Å²) in [4.78, 5) is 64.7. The molecule has 131 heavy (non-hydrogen) atoms. The first-order chi connectivity index (χ1) is 62.7. The lowest BCUT2D eigenvalue weighted by Crippen LogP contribution is -2.68. The molecular weight excluding hydrogens is 1690 g/mol. The second kappa shape index (κ2) is 38.7. The highest BCUT2D eigenvalue weighted by Gasteiger charge is 2.59. The Kier molecular flexibility index (Phi) is 27.8. The Morgan fingerprint density at radius 2 is 0.863 bits per heavy atom. The number of aryl methyl sites for hydroxylation is 2. The molecule has 16 rings (SSSR count). The van der Waals surface area contributed by atoms with Gasteiger partial charge in [-0.1, -0.05) is 147 Å². The van der Waals surface area contributed by atoms with Crippen LogP contribution in [0, 0.1) is 64.2 Å². The van der Waals surface area contributed by atoms with Crippen LogP contribution in [0.5, 0.6) is 46.0 Å². The smallest absolute Gasteiger partial charge is 0.408 e. The van der Waals surface area contributed by atoms with Crippen LogP contribution in [0.2, 0.25) is 0 Å². The molecule has 24 nitrogen and oxygen atoms in total. The zero-order valence-corrected chi connectivity index (χ0v) is 79.3. The van der Waals surface area contributed by atoms with Crippen molar-refractivity contribution in [2.75, 3.05) is 84.4 Å². The number of carbonyl (C=O) groups is 4. The summed E-state index contributed by atoms with van der Waals surface area (Å²) in [6.07, 6.45) is 5.38. The molecule has 6 aliphatic heterocycles. The number of likely N-dealkylation sites (N-methyl/N-ethyl adjacent to an activating group) is 2. The molecule has 0 radical (unpaired) electrons. The predicted molar refractivity (Wildman–Crippen MR) is 509 cm³/mol. The maximum absolute atomic E-state index is 14.9. The van der Waals surface area contributed by atoms with E-state index in [0.717, 1.165) is 50.1 Å².